The van der Waals surface area contributed by atoms with E-state index < -0.39 is 29.6 Å². The van der Waals surface area contributed by atoms with Crippen LogP contribution in [-0.2, 0) is 9.59 Å². The van der Waals surface area contributed by atoms with E-state index in [0.717, 1.165) is 18.2 Å². The minimum absolute atomic E-state index is 0.0202. The molecule has 1 aromatic rings. The van der Waals surface area contributed by atoms with E-state index in [1.54, 1.807) is 0 Å². The van der Waals surface area contributed by atoms with E-state index in [1.165, 1.54) is 0 Å². The lowest BCUT2D eigenvalue weighted by atomic mass is 10.1. The molecule has 5 nitrogen and oxygen atoms in total. The molecule has 0 bridgehead atoms. The second-order valence-corrected chi connectivity index (χ2v) is 3.54. The Morgan fingerprint density at radius 1 is 1.22 bits per heavy atom. The number of benzene rings is 1. The minimum Gasteiger partial charge on any atom is -0.481 e. The van der Waals surface area contributed by atoms with Gasteiger partial charge < -0.3 is 15.5 Å². The zero-order valence-electron chi connectivity index (χ0n) is 9.19. The molecule has 18 heavy (non-hydrogen) atoms. The van der Waals surface area contributed by atoms with Gasteiger partial charge in [-0.15, -0.1) is 0 Å². The average molecular weight is 259 g/mol. The Morgan fingerprint density at radius 2 is 1.89 bits per heavy atom. The standard InChI is InChI=1S/C11H11F2NO4/c12-7-2-1-6(5-8(7)13)10(11(17)18)14-4-3-9(15)16/h1-2,5,10,14H,3-4H2,(H,15,16)(H,17,18). The highest BCUT2D eigenvalue weighted by atomic mass is 19.2. The predicted octanol–water partition coefficient (Wildman–Crippen LogP) is 1.15. The Hall–Kier alpha value is -2.02. The van der Waals surface area contributed by atoms with E-state index in [9.17, 15) is 18.4 Å². The summed E-state index contributed by atoms with van der Waals surface area (Å²) in [4.78, 5) is 21.2. The van der Waals surface area contributed by atoms with Crippen LogP contribution in [0.3, 0.4) is 0 Å². The Bertz CT molecular complexity index is 464. The Morgan fingerprint density at radius 3 is 2.39 bits per heavy atom. The van der Waals surface area contributed by atoms with E-state index >= 15 is 0 Å². The zero-order valence-corrected chi connectivity index (χ0v) is 9.19. The number of hydrogen-bond donors (Lipinski definition) is 3. The quantitative estimate of drug-likeness (QED) is 0.713. The fourth-order valence-electron chi connectivity index (χ4n) is 1.36. The summed E-state index contributed by atoms with van der Waals surface area (Å²) in [6.07, 6.45) is -0.270. The van der Waals surface area contributed by atoms with Gasteiger partial charge in [0.15, 0.2) is 11.6 Å². The molecule has 0 aliphatic carbocycles. The molecule has 0 aromatic heterocycles. The van der Waals surface area contributed by atoms with Crippen molar-refractivity contribution in [3.8, 4) is 0 Å². The third-order valence-corrected chi connectivity index (χ3v) is 2.21. The molecule has 1 atom stereocenters. The van der Waals surface area contributed by atoms with Crippen molar-refractivity contribution in [3.05, 3.63) is 35.4 Å². The molecule has 0 spiro atoms. The SMILES string of the molecule is O=C(O)CCNC(C(=O)O)c1ccc(F)c(F)c1. The first-order valence-electron chi connectivity index (χ1n) is 5.04. The van der Waals surface area contributed by atoms with Gasteiger partial charge in [0, 0.05) is 6.54 Å². The van der Waals surface area contributed by atoms with E-state index in [1.807, 2.05) is 0 Å². The number of carboxylic acids is 2. The summed E-state index contributed by atoms with van der Waals surface area (Å²) in [6, 6.07) is 1.44. The fraction of sp³-hybridized carbons (Fsp3) is 0.273. The second-order valence-electron chi connectivity index (χ2n) is 3.54. The number of hydrogen-bond acceptors (Lipinski definition) is 3. The third kappa shape index (κ3) is 3.77. The largest absolute Gasteiger partial charge is 0.481 e. The molecule has 0 saturated heterocycles. The molecular weight excluding hydrogens is 248 g/mol. The number of halogens is 2. The summed E-state index contributed by atoms with van der Waals surface area (Å²) < 4.78 is 25.7. The van der Waals surface area contributed by atoms with Gasteiger partial charge >= 0.3 is 11.9 Å². The summed E-state index contributed by atoms with van der Waals surface area (Å²) >= 11 is 0. The number of nitrogens with one attached hydrogen (secondary N) is 1. The first kappa shape index (κ1) is 14.0. The lowest BCUT2D eigenvalue weighted by Crippen LogP contribution is -2.30. The van der Waals surface area contributed by atoms with E-state index in [2.05, 4.69) is 5.32 Å². The van der Waals surface area contributed by atoms with Gasteiger partial charge in [-0.25, -0.2) is 8.78 Å². The Labute approximate surface area is 101 Å². The molecule has 1 rings (SSSR count). The molecule has 98 valence electrons. The summed E-state index contributed by atoms with van der Waals surface area (Å²) in [5, 5.41) is 19.8. The lowest BCUT2D eigenvalue weighted by Gasteiger charge is -2.14. The Kier molecular flexibility index (Phi) is 4.73. The molecule has 3 N–H and O–H groups in total. The van der Waals surface area contributed by atoms with Crippen LogP contribution in [0, 0.1) is 11.6 Å². The molecule has 0 aliphatic rings. The molecule has 1 aromatic carbocycles. The maximum absolute atomic E-state index is 13.0. The van der Waals surface area contributed by atoms with Gasteiger partial charge in [-0.2, -0.15) is 0 Å². The Balaban J connectivity index is 2.80. The molecule has 0 radical (unpaired) electrons. The smallest absolute Gasteiger partial charge is 0.325 e. The summed E-state index contributed by atoms with van der Waals surface area (Å²) in [6.45, 7) is -0.0920. The molecule has 0 heterocycles. The highest BCUT2D eigenvalue weighted by Gasteiger charge is 2.20. The predicted molar refractivity (Wildman–Crippen MR) is 57.0 cm³/mol. The van der Waals surface area contributed by atoms with Crippen molar-refractivity contribution in [2.45, 2.75) is 12.5 Å². The molecule has 0 aliphatic heterocycles. The summed E-state index contributed by atoms with van der Waals surface area (Å²) in [5.74, 6) is -4.62. The van der Waals surface area contributed by atoms with Gasteiger partial charge in [0.05, 0.1) is 6.42 Å². The maximum atomic E-state index is 13.0. The molecule has 0 saturated carbocycles. The number of carboxylic acid groups (broad SMARTS) is 2. The third-order valence-electron chi connectivity index (χ3n) is 2.21. The van der Waals surface area contributed by atoms with Gasteiger partial charge in [0.2, 0.25) is 0 Å². The normalized spacial score (nSPS) is 12.1. The van der Waals surface area contributed by atoms with Crippen molar-refractivity contribution in [3.63, 3.8) is 0 Å². The van der Waals surface area contributed by atoms with Gasteiger partial charge in [0.25, 0.3) is 0 Å². The average Bonchev–Trinajstić information content (AvgIpc) is 2.27. The zero-order chi connectivity index (χ0) is 13.7. The maximum Gasteiger partial charge on any atom is 0.325 e. The van der Waals surface area contributed by atoms with Gasteiger partial charge in [0.1, 0.15) is 6.04 Å². The summed E-state index contributed by atoms with van der Waals surface area (Å²) in [7, 11) is 0. The van der Waals surface area contributed by atoms with Crippen LogP contribution in [0.2, 0.25) is 0 Å². The monoisotopic (exact) mass is 259 g/mol. The van der Waals surface area contributed by atoms with E-state index in [0.29, 0.717) is 0 Å². The van der Waals surface area contributed by atoms with Crippen LogP contribution in [0.15, 0.2) is 18.2 Å². The van der Waals surface area contributed by atoms with E-state index in [4.69, 9.17) is 10.2 Å². The second kappa shape index (κ2) is 6.06. The van der Waals surface area contributed by atoms with Crippen molar-refractivity contribution in [2.24, 2.45) is 0 Å². The van der Waals surface area contributed by atoms with Gasteiger partial charge in [-0.05, 0) is 17.7 Å². The van der Waals surface area contributed by atoms with Crippen LogP contribution >= 0.6 is 0 Å². The van der Waals surface area contributed by atoms with Crippen molar-refractivity contribution in [1.82, 2.24) is 5.32 Å². The van der Waals surface area contributed by atoms with Crippen molar-refractivity contribution in [2.75, 3.05) is 6.54 Å². The number of rotatable bonds is 6. The fourth-order valence-corrected chi connectivity index (χ4v) is 1.36. The number of aliphatic carboxylic acids is 2. The molecule has 1 unspecified atom stereocenters. The van der Waals surface area contributed by atoms with Crippen LogP contribution < -0.4 is 5.32 Å². The lowest BCUT2D eigenvalue weighted by molar-refractivity contribution is -0.141. The molecular formula is C11H11F2NO4. The summed E-state index contributed by atoms with van der Waals surface area (Å²) in [5.41, 5.74) is 0.0202. The van der Waals surface area contributed by atoms with E-state index in [-0.39, 0.29) is 18.5 Å². The first-order chi connectivity index (χ1) is 8.41. The van der Waals surface area contributed by atoms with Crippen LogP contribution in [0.4, 0.5) is 8.78 Å². The van der Waals surface area contributed by atoms with Gasteiger partial charge in [-0.1, -0.05) is 6.07 Å². The van der Waals surface area contributed by atoms with Crippen molar-refractivity contribution < 1.29 is 28.6 Å². The van der Waals surface area contributed by atoms with Gasteiger partial charge in [-0.3, -0.25) is 9.59 Å². The highest BCUT2D eigenvalue weighted by molar-refractivity contribution is 5.75. The minimum atomic E-state index is -1.30. The van der Waals surface area contributed by atoms with Crippen LogP contribution in [0.5, 0.6) is 0 Å². The molecule has 7 heteroatoms. The highest BCUT2D eigenvalue weighted by Crippen LogP contribution is 2.16. The number of carbonyl (C=O) groups is 2. The van der Waals surface area contributed by atoms with Crippen LogP contribution in [0.1, 0.15) is 18.0 Å². The molecule has 0 fully saturated rings. The van der Waals surface area contributed by atoms with Crippen molar-refractivity contribution in [1.29, 1.82) is 0 Å². The van der Waals surface area contributed by atoms with Crippen LogP contribution in [0.25, 0.3) is 0 Å². The topological polar surface area (TPSA) is 86.6 Å². The van der Waals surface area contributed by atoms with Crippen LogP contribution in [-0.4, -0.2) is 28.7 Å². The molecule has 0 amide bonds. The first-order valence-corrected chi connectivity index (χ1v) is 5.04. The van der Waals surface area contributed by atoms with Crippen molar-refractivity contribution >= 4 is 11.9 Å².